The molecular formula is C18H24. The maximum absolute atomic E-state index is 4.01. The predicted molar refractivity (Wildman–Crippen MR) is 80.8 cm³/mol. The molecule has 0 aromatic heterocycles. The normalized spacial score (nSPS) is 9.78. The van der Waals surface area contributed by atoms with E-state index in [9.17, 15) is 0 Å². The maximum Gasteiger partial charge on any atom is 0.0283 e. The molecule has 18 heavy (non-hydrogen) atoms. The summed E-state index contributed by atoms with van der Waals surface area (Å²) in [6.07, 6.45) is 4.32. The van der Waals surface area contributed by atoms with Crippen LogP contribution in [0, 0.1) is 25.7 Å². The molecule has 0 heteroatoms. The van der Waals surface area contributed by atoms with E-state index in [2.05, 4.69) is 58.2 Å². The van der Waals surface area contributed by atoms with Crippen LogP contribution in [0.2, 0.25) is 0 Å². The number of benzene rings is 1. The van der Waals surface area contributed by atoms with Gasteiger partial charge in [-0.3, -0.25) is 0 Å². The molecule has 96 valence electrons. The summed E-state index contributed by atoms with van der Waals surface area (Å²) in [4.78, 5) is 0. The second-order valence-corrected chi connectivity index (χ2v) is 5.13. The summed E-state index contributed by atoms with van der Waals surface area (Å²) < 4.78 is 0. The second-order valence-electron chi connectivity index (χ2n) is 5.13. The molecule has 0 bridgehead atoms. The lowest BCUT2D eigenvalue weighted by Crippen LogP contribution is -1.95. The van der Waals surface area contributed by atoms with E-state index < -0.39 is 0 Å². The molecule has 0 saturated carbocycles. The summed E-state index contributed by atoms with van der Waals surface area (Å²) in [5.41, 5.74) is 6.34. The first kappa shape index (κ1) is 14.6. The standard InChI is InChI=1S/C18H24/c1-6-7-8-9-10-17-12-15(4)16(5)13-18(17)11-14(2)3/h12-13H,2,6-8,11H2,1,3-5H3. The Morgan fingerprint density at radius 3 is 2.50 bits per heavy atom. The third-order valence-corrected chi connectivity index (χ3v) is 3.09. The molecule has 0 saturated heterocycles. The highest BCUT2D eigenvalue weighted by atomic mass is 14.1. The molecule has 0 nitrogen and oxygen atoms in total. The number of aryl methyl sites for hydroxylation is 2. The highest BCUT2D eigenvalue weighted by molar-refractivity contribution is 5.47. The average molecular weight is 240 g/mol. The summed E-state index contributed by atoms with van der Waals surface area (Å²) in [5, 5.41) is 0. The van der Waals surface area contributed by atoms with Gasteiger partial charge in [-0.1, -0.05) is 43.4 Å². The number of hydrogen-bond acceptors (Lipinski definition) is 0. The topological polar surface area (TPSA) is 0 Å². The Morgan fingerprint density at radius 2 is 1.89 bits per heavy atom. The van der Waals surface area contributed by atoms with Crippen molar-refractivity contribution in [3.63, 3.8) is 0 Å². The van der Waals surface area contributed by atoms with Gasteiger partial charge >= 0.3 is 0 Å². The Balaban J connectivity index is 3.02. The van der Waals surface area contributed by atoms with Crippen LogP contribution in [0.15, 0.2) is 24.3 Å². The van der Waals surface area contributed by atoms with Crippen LogP contribution < -0.4 is 0 Å². The molecule has 1 aromatic carbocycles. The van der Waals surface area contributed by atoms with Crippen molar-refractivity contribution in [1.82, 2.24) is 0 Å². The molecule has 0 spiro atoms. The van der Waals surface area contributed by atoms with Crippen molar-refractivity contribution in [3.8, 4) is 11.8 Å². The van der Waals surface area contributed by atoms with Gasteiger partial charge in [0.05, 0.1) is 0 Å². The Hall–Kier alpha value is -1.48. The third-order valence-electron chi connectivity index (χ3n) is 3.09. The zero-order valence-corrected chi connectivity index (χ0v) is 12.2. The minimum atomic E-state index is 0.929. The molecule has 0 amide bonds. The largest absolute Gasteiger partial charge is 0.0998 e. The third kappa shape index (κ3) is 4.41. The lowest BCUT2D eigenvalue weighted by Gasteiger charge is -2.09. The fourth-order valence-corrected chi connectivity index (χ4v) is 1.89. The van der Waals surface area contributed by atoms with Crippen LogP contribution in [-0.2, 0) is 6.42 Å². The van der Waals surface area contributed by atoms with Gasteiger partial charge in [0.2, 0.25) is 0 Å². The minimum Gasteiger partial charge on any atom is -0.0998 e. The smallest absolute Gasteiger partial charge is 0.0283 e. The monoisotopic (exact) mass is 240 g/mol. The van der Waals surface area contributed by atoms with Crippen LogP contribution in [0.25, 0.3) is 0 Å². The Labute approximate surface area is 112 Å². The van der Waals surface area contributed by atoms with Crippen LogP contribution in [0.3, 0.4) is 0 Å². The van der Waals surface area contributed by atoms with Gasteiger partial charge in [-0.25, -0.2) is 0 Å². The molecule has 1 rings (SSSR count). The van der Waals surface area contributed by atoms with Crippen LogP contribution in [0.4, 0.5) is 0 Å². The fraction of sp³-hybridized carbons (Fsp3) is 0.444. The summed E-state index contributed by atoms with van der Waals surface area (Å²) in [6, 6.07) is 4.47. The maximum atomic E-state index is 4.01. The quantitative estimate of drug-likeness (QED) is 0.396. The summed E-state index contributed by atoms with van der Waals surface area (Å²) >= 11 is 0. The molecule has 0 atom stereocenters. The highest BCUT2D eigenvalue weighted by Crippen LogP contribution is 2.18. The first-order valence-corrected chi connectivity index (χ1v) is 6.78. The van der Waals surface area contributed by atoms with Gasteiger partial charge in [-0.2, -0.15) is 0 Å². The van der Waals surface area contributed by atoms with E-state index in [4.69, 9.17) is 0 Å². The van der Waals surface area contributed by atoms with Gasteiger partial charge in [0.25, 0.3) is 0 Å². The van der Waals surface area contributed by atoms with Gasteiger partial charge in [0.1, 0.15) is 0 Å². The van der Waals surface area contributed by atoms with Crippen LogP contribution in [0.1, 0.15) is 55.4 Å². The summed E-state index contributed by atoms with van der Waals surface area (Å²) in [7, 11) is 0. The van der Waals surface area contributed by atoms with E-state index in [-0.39, 0.29) is 0 Å². The van der Waals surface area contributed by atoms with Crippen molar-refractivity contribution in [3.05, 3.63) is 46.5 Å². The van der Waals surface area contributed by atoms with Crippen LogP contribution in [-0.4, -0.2) is 0 Å². The molecule has 0 fully saturated rings. The SMILES string of the molecule is C=C(C)Cc1cc(C)c(C)cc1C#CCCCC. The molecule has 0 N–H and O–H groups in total. The molecule has 1 aromatic rings. The molecule has 0 heterocycles. The van der Waals surface area contributed by atoms with Crippen LogP contribution >= 0.6 is 0 Å². The second kappa shape index (κ2) is 7.07. The van der Waals surface area contributed by atoms with E-state index >= 15 is 0 Å². The zero-order valence-electron chi connectivity index (χ0n) is 12.2. The number of unbranched alkanes of at least 4 members (excludes halogenated alkanes) is 2. The van der Waals surface area contributed by atoms with Gasteiger partial charge in [-0.15, -0.1) is 0 Å². The van der Waals surface area contributed by atoms with Gasteiger partial charge in [-0.05, 0) is 56.4 Å². The first-order chi connectivity index (χ1) is 8.54. The minimum absolute atomic E-state index is 0.929. The van der Waals surface area contributed by atoms with Crippen molar-refractivity contribution in [1.29, 1.82) is 0 Å². The van der Waals surface area contributed by atoms with E-state index in [0.717, 1.165) is 12.8 Å². The predicted octanol–water partition coefficient (Wildman–Crippen LogP) is 4.96. The first-order valence-electron chi connectivity index (χ1n) is 6.78. The van der Waals surface area contributed by atoms with Gasteiger partial charge in [0, 0.05) is 12.0 Å². The van der Waals surface area contributed by atoms with Crippen molar-refractivity contribution in [2.75, 3.05) is 0 Å². The zero-order chi connectivity index (χ0) is 13.5. The highest BCUT2D eigenvalue weighted by Gasteiger charge is 2.03. The van der Waals surface area contributed by atoms with Gasteiger partial charge < -0.3 is 0 Å². The van der Waals surface area contributed by atoms with Crippen molar-refractivity contribution in [2.45, 2.75) is 53.4 Å². The van der Waals surface area contributed by atoms with Gasteiger partial charge in [0.15, 0.2) is 0 Å². The van der Waals surface area contributed by atoms with Crippen molar-refractivity contribution in [2.24, 2.45) is 0 Å². The van der Waals surface area contributed by atoms with E-state index in [0.29, 0.717) is 0 Å². The Morgan fingerprint density at radius 1 is 1.22 bits per heavy atom. The lowest BCUT2D eigenvalue weighted by atomic mass is 9.96. The van der Waals surface area contributed by atoms with E-state index in [1.807, 2.05) is 0 Å². The average Bonchev–Trinajstić information content (AvgIpc) is 2.30. The Kier molecular flexibility index (Phi) is 5.72. The lowest BCUT2D eigenvalue weighted by molar-refractivity contribution is 0.828. The molecular weight excluding hydrogens is 216 g/mol. The number of rotatable bonds is 4. The molecule has 0 aliphatic rings. The molecule has 0 aliphatic carbocycles. The summed E-state index contributed by atoms with van der Waals surface area (Å²) in [6.45, 7) is 12.6. The van der Waals surface area contributed by atoms with E-state index in [1.165, 1.54) is 40.7 Å². The van der Waals surface area contributed by atoms with Crippen molar-refractivity contribution >= 4 is 0 Å². The molecule has 0 radical (unpaired) electrons. The Bertz CT molecular complexity index is 481. The molecule has 0 aliphatic heterocycles. The fourth-order valence-electron chi connectivity index (χ4n) is 1.89. The summed E-state index contributed by atoms with van der Waals surface area (Å²) in [5.74, 6) is 6.61. The van der Waals surface area contributed by atoms with E-state index in [1.54, 1.807) is 0 Å². The number of hydrogen-bond donors (Lipinski definition) is 0. The number of allylic oxidation sites excluding steroid dienone is 1. The molecule has 0 unspecified atom stereocenters. The van der Waals surface area contributed by atoms with Crippen molar-refractivity contribution < 1.29 is 0 Å². The van der Waals surface area contributed by atoms with Crippen LogP contribution in [0.5, 0.6) is 0 Å².